The Labute approximate surface area is 200 Å². The molecule has 0 aliphatic carbocycles. The molecular weight excluding hydrogens is 488 g/mol. The molecule has 32 heavy (non-hydrogen) atoms. The highest BCUT2D eigenvalue weighted by Gasteiger charge is 2.30. The maximum absolute atomic E-state index is 6.20. The van der Waals surface area contributed by atoms with Crippen molar-refractivity contribution in [2.45, 2.75) is 6.04 Å². The fraction of sp³-hybridized carbons (Fsp3) is 0.200. The second-order valence-corrected chi connectivity index (χ2v) is 9.12. The van der Waals surface area contributed by atoms with E-state index in [0.29, 0.717) is 11.8 Å². The largest absolute Gasteiger partial charge is 0.419 e. The number of hydrogen-bond acceptors (Lipinski definition) is 5. The molecule has 0 N–H and O–H groups in total. The van der Waals surface area contributed by atoms with E-state index in [-0.39, 0.29) is 6.04 Å². The van der Waals surface area contributed by atoms with Crippen molar-refractivity contribution in [1.82, 2.24) is 15.1 Å². The summed E-state index contributed by atoms with van der Waals surface area (Å²) in [6.45, 7) is 3.53. The average Bonchev–Trinajstić information content (AvgIpc) is 3.31. The molecule has 5 rings (SSSR count). The minimum Gasteiger partial charge on any atom is -0.419 e. The third kappa shape index (κ3) is 4.58. The van der Waals surface area contributed by atoms with Gasteiger partial charge in [0.1, 0.15) is 6.04 Å². The zero-order chi connectivity index (χ0) is 21.9. The molecule has 4 aromatic rings. The average molecular weight is 510 g/mol. The summed E-state index contributed by atoms with van der Waals surface area (Å²) in [6.07, 6.45) is 0. The smallest absolute Gasteiger partial charge is 0.247 e. The van der Waals surface area contributed by atoms with Crippen molar-refractivity contribution in [3.63, 3.8) is 0 Å². The van der Waals surface area contributed by atoms with Crippen LogP contribution in [0.3, 0.4) is 0 Å². The van der Waals surface area contributed by atoms with E-state index in [1.807, 2.05) is 48.5 Å². The fourth-order valence-corrected chi connectivity index (χ4v) is 4.56. The van der Waals surface area contributed by atoms with Crippen LogP contribution in [0.1, 0.15) is 17.5 Å². The van der Waals surface area contributed by atoms with Gasteiger partial charge in [-0.05, 0) is 48.0 Å². The van der Waals surface area contributed by atoms with Crippen molar-refractivity contribution in [3.05, 3.63) is 99.8 Å². The third-order valence-corrected chi connectivity index (χ3v) is 6.50. The highest BCUT2D eigenvalue weighted by Crippen LogP contribution is 2.32. The first kappa shape index (κ1) is 21.2. The van der Waals surface area contributed by atoms with Gasteiger partial charge in [-0.1, -0.05) is 63.9 Å². The number of halogens is 2. The Morgan fingerprint density at radius 3 is 2.31 bits per heavy atom. The van der Waals surface area contributed by atoms with Crippen LogP contribution >= 0.6 is 27.5 Å². The summed E-state index contributed by atoms with van der Waals surface area (Å²) in [4.78, 5) is 4.77. The van der Waals surface area contributed by atoms with E-state index in [9.17, 15) is 0 Å². The second-order valence-electron chi connectivity index (χ2n) is 7.77. The first-order valence-corrected chi connectivity index (χ1v) is 11.7. The lowest BCUT2D eigenvalue weighted by atomic mass is 10.0. The Hall–Kier alpha value is -2.67. The van der Waals surface area contributed by atoms with Gasteiger partial charge in [-0.15, -0.1) is 10.2 Å². The van der Waals surface area contributed by atoms with Gasteiger partial charge in [0.2, 0.25) is 11.8 Å². The molecule has 0 bridgehead atoms. The number of aromatic nitrogens is 2. The molecular formula is C25H22BrClN4O. The van der Waals surface area contributed by atoms with E-state index < -0.39 is 0 Å². The van der Waals surface area contributed by atoms with Gasteiger partial charge in [0.25, 0.3) is 0 Å². The lowest BCUT2D eigenvalue weighted by molar-refractivity contribution is 0.188. The molecule has 162 valence electrons. The topological polar surface area (TPSA) is 45.4 Å². The SMILES string of the molecule is Clc1cccc(N2CCN([C@@H](c3ccc(Br)cc3)c3nnc(-c4ccccc4)o3)CC2)c1. The van der Waals surface area contributed by atoms with E-state index in [2.05, 4.69) is 66.3 Å². The van der Waals surface area contributed by atoms with Crippen molar-refractivity contribution in [2.75, 3.05) is 31.1 Å². The Morgan fingerprint density at radius 2 is 1.59 bits per heavy atom. The lowest BCUT2D eigenvalue weighted by Crippen LogP contribution is -2.48. The molecule has 2 heterocycles. The van der Waals surface area contributed by atoms with Gasteiger partial charge in [0, 0.05) is 46.9 Å². The molecule has 1 aromatic heterocycles. The highest BCUT2D eigenvalue weighted by atomic mass is 79.9. The van der Waals surface area contributed by atoms with Crippen molar-refractivity contribution in [3.8, 4) is 11.5 Å². The summed E-state index contributed by atoms with van der Waals surface area (Å²) in [7, 11) is 0. The van der Waals surface area contributed by atoms with E-state index >= 15 is 0 Å². The number of hydrogen-bond donors (Lipinski definition) is 0. The van der Waals surface area contributed by atoms with E-state index in [4.69, 9.17) is 16.0 Å². The molecule has 0 unspecified atom stereocenters. The molecule has 1 atom stereocenters. The van der Waals surface area contributed by atoms with Gasteiger partial charge in [0.15, 0.2) is 0 Å². The Bertz CT molecular complexity index is 1170. The van der Waals surface area contributed by atoms with Gasteiger partial charge >= 0.3 is 0 Å². The molecule has 1 aliphatic heterocycles. The van der Waals surface area contributed by atoms with Crippen molar-refractivity contribution >= 4 is 33.2 Å². The van der Waals surface area contributed by atoms with Crippen molar-refractivity contribution < 1.29 is 4.42 Å². The minimum atomic E-state index is -0.102. The molecule has 7 heteroatoms. The number of nitrogens with zero attached hydrogens (tertiary/aromatic N) is 4. The normalized spacial score (nSPS) is 15.6. The van der Waals surface area contributed by atoms with Gasteiger partial charge in [-0.3, -0.25) is 4.90 Å². The first-order valence-electron chi connectivity index (χ1n) is 10.6. The third-order valence-electron chi connectivity index (χ3n) is 5.73. The van der Waals surface area contributed by atoms with Crippen LogP contribution in [0.2, 0.25) is 5.02 Å². The van der Waals surface area contributed by atoms with Crippen LogP contribution in [0.15, 0.2) is 87.8 Å². The summed E-state index contributed by atoms with van der Waals surface area (Å²) >= 11 is 9.74. The monoisotopic (exact) mass is 508 g/mol. The molecule has 0 amide bonds. The van der Waals surface area contributed by atoms with Crippen LogP contribution in [0, 0.1) is 0 Å². The summed E-state index contributed by atoms with van der Waals surface area (Å²) in [5, 5.41) is 9.56. The number of piperazine rings is 1. The minimum absolute atomic E-state index is 0.102. The van der Waals surface area contributed by atoms with Crippen LogP contribution in [0.5, 0.6) is 0 Å². The molecule has 0 saturated carbocycles. The molecule has 3 aromatic carbocycles. The maximum atomic E-state index is 6.20. The molecule has 5 nitrogen and oxygen atoms in total. The lowest BCUT2D eigenvalue weighted by Gasteiger charge is -2.39. The predicted molar refractivity (Wildman–Crippen MR) is 131 cm³/mol. The first-order chi connectivity index (χ1) is 15.7. The van der Waals surface area contributed by atoms with E-state index in [0.717, 1.165) is 52.5 Å². The number of anilines is 1. The number of benzene rings is 3. The van der Waals surface area contributed by atoms with Crippen LogP contribution in [-0.4, -0.2) is 41.3 Å². The molecule has 0 radical (unpaired) electrons. The zero-order valence-electron chi connectivity index (χ0n) is 17.4. The summed E-state index contributed by atoms with van der Waals surface area (Å²) in [5.74, 6) is 1.16. The Balaban J connectivity index is 1.41. The van der Waals surface area contributed by atoms with Crippen LogP contribution in [0.4, 0.5) is 5.69 Å². The highest BCUT2D eigenvalue weighted by molar-refractivity contribution is 9.10. The summed E-state index contributed by atoms with van der Waals surface area (Å²) in [6, 6.07) is 26.2. The maximum Gasteiger partial charge on any atom is 0.247 e. The van der Waals surface area contributed by atoms with Gasteiger partial charge in [-0.2, -0.15) is 0 Å². The zero-order valence-corrected chi connectivity index (χ0v) is 19.7. The predicted octanol–water partition coefficient (Wildman–Crippen LogP) is 6.06. The molecule has 0 spiro atoms. The second kappa shape index (κ2) is 9.45. The van der Waals surface area contributed by atoms with Crippen LogP contribution in [0.25, 0.3) is 11.5 Å². The standard InChI is InChI=1S/C25H22BrClN4O/c26-20-11-9-18(10-12-20)23(25-29-28-24(32-25)19-5-2-1-3-6-19)31-15-13-30(14-16-31)22-8-4-7-21(27)17-22/h1-12,17,23H,13-16H2/t23-/m0/s1. The van der Waals surface area contributed by atoms with Gasteiger partial charge in [0.05, 0.1) is 0 Å². The van der Waals surface area contributed by atoms with E-state index in [1.54, 1.807) is 0 Å². The van der Waals surface area contributed by atoms with Gasteiger partial charge < -0.3 is 9.32 Å². The summed E-state index contributed by atoms with van der Waals surface area (Å²) in [5.41, 5.74) is 3.21. The van der Waals surface area contributed by atoms with E-state index in [1.165, 1.54) is 0 Å². The number of rotatable bonds is 5. The Morgan fingerprint density at radius 1 is 0.844 bits per heavy atom. The molecule has 1 saturated heterocycles. The Kier molecular flexibility index (Phi) is 6.26. The molecule has 1 fully saturated rings. The van der Waals surface area contributed by atoms with Crippen molar-refractivity contribution in [1.29, 1.82) is 0 Å². The molecule has 1 aliphatic rings. The van der Waals surface area contributed by atoms with Crippen LogP contribution < -0.4 is 4.90 Å². The van der Waals surface area contributed by atoms with Crippen molar-refractivity contribution in [2.24, 2.45) is 0 Å². The van der Waals surface area contributed by atoms with Crippen LogP contribution in [-0.2, 0) is 0 Å². The fourth-order valence-electron chi connectivity index (χ4n) is 4.11. The quantitative estimate of drug-likeness (QED) is 0.327. The van der Waals surface area contributed by atoms with Gasteiger partial charge in [-0.25, -0.2) is 0 Å². The summed E-state index contributed by atoms with van der Waals surface area (Å²) < 4.78 is 7.23.